The lowest BCUT2D eigenvalue weighted by molar-refractivity contribution is -0.131. The van der Waals surface area contributed by atoms with Gasteiger partial charge in [-0.05, 0) is 36.2 Å². The van der Waals surface area contributed by atoms with E-state index in [2.05, 4.69) is 0 Å². The van der Waals surface area contributed by atoms with Crippen LogP contribution in [0.15, 0.2) is 24.3 Å². The zero-order valence-corrected chi connectivity index (χ0v) is 9.02. The quantitative estimate of drug-likeness (QED) is 0.621. The zero-order valence-electron chi connectivity index (χ0n) is 9.02. The molecule has 0 aliphatic carbocycles. The van der Waals surface area contributed by atoms with Crippen molar-refractivity contribution in [2.75, 3.05) is 7.11 Å². The molecular formula is C12H11NO3. The van der Waals surface area contributed by atoms with Crippen LogP contribution in [0.5, 0.6) is 5.75 Å². The Morgan fingerprint density at radius 2 is 2.25 bits per heavy atom. The van der Waals surface area contributed by atoms with Crippen molar-refractivity contribution in [2.24, 2.45) is 0 Å². The number of hydrogen-bond acceptors (Lipinski definition) is 3. The van der Waals surface area contributed by atoms with Gasteiger partial charge in [0.15, 0.2) is 0 Å². The van der Waals surface area contributed by atoms with Gasteiger partial charge in [0, 0.05) is 6.08 Å². The topological polar surface area (TPSA) is 70.3 Å². The van der Waals surface area contributed by atoms with E-state index < -0.39 is 5.97 Å². The van der Waals surface area contributed by atoms with Crippen molar-refractivity contribution >= 4 is 11.5 Å². The first kappa shape index (κ1) is 11.8. The number of carbonyl (C=O) groups is 1. The smallest absolute Gasteiger partial charge is 0.329 e. The lowest BCUT2D eigenvalue weighted by Gasteiger charge is -2.06. The van der Waals surface area contributed by atoms with Crippen molar-refractivity contribution in [1.29, 1.82) is 5.26 Å². The molecule has 4 heteroatoms. The normalized spacial score (nSPS) is 10.7. The lowest BCUT2D eigenvalue weighted by Crippen LogP contribution is -1.94. The minimum Gasteiger partial charge on any atom is -0.497 e. The van der Waals surface area contributed by atoms with Crippen molar-refractivity contribution in [1.82, 2.24) is 0 Å². The molecule has 0 aliphatic heterocycles. The van der Waals surface area contributed by atoms with Crippen LogP contribution < -0.4 is 4.74 Å². The first-order valence-electron chi connectivity index (χ1n) is 4.58. The van der Waals surface area contributed by atoms with Gasteiger partial charge in [0.2, 0.25) is 0 Å². The number of nitrogens with zero attached hydrogens (tertiary/aromatic N) is 1. The molecule has 0 heterocycles. The monoisotopic (exact) mass is 217 g/mol. The Hall–Kier alpha value is -2.28. The highest BCUT2D eigenvalue weighted by Crippen LogP contribution is 2.22. The summed E-state index contributed by atoms with van der Waals surface area (Å²) in [5.41, 5.74) is 1.53. The van der Waals surface area contributed by atoms with Crippen LogP contribution >= 0.6 is 0 Å². The van der Waals surface area contributed by atoms with Crippen LogP contribution in [0.4, 0.5) is 0 Å². The number of aryl methyl sites for hydroxylation is 1. The summed E-state index contributed by atoms with van der Waals surface area (Å²) in [4.78, 5) is 10.5. The van der Waals surface area contributed by atoms with E-state index in [1.165, 1.54) is 0 Å². The van der Waals surface area contributed by atoms with Crippen molar-refractivity contribution < 1.29 is 14.6 Å². The molecule has 0 spiro atoms. The minimum absolute atomic E-state index is 0.132. The molecule has 0 aliphatic rings. The average Bonchev–Trinajstić information content (AvgIpc) is 2.25. The van der Waals surface area contributed by atoms with E-state index >= 15 is 0 Å². The molecule has 1 aromatic rings. The maximum Gasteiger partial charge on any atom is 0.329 e. The van der Waals surface area contributed by atoms with Gasteiger partial charge in [-0.15, -0.1) is 0 Å². The van der Waals surface area contributed by atoms with Gasteiger partial charge in [-0.3, -0.25) is 0 Å². The molecule has 0 aromatic heterocycles. The fraction of sp³-hybridized carbons (Fsp3) is 0.167. The molecule has 16 heavy (non-hydrogen) atoms. The third-order valence-electron chi connectivity index (χ3n) is 2.11. The van der Waals surface area contributed by atoms with Gasteiger partial charge in [0.25, 0.3) is 0 Å². The Labute approximate surface area is 93.4 Å². The van der Waals surface area contributed by atoms with Crippen LogP contribution in [-0.4, -0.2) is 18.2 Å². The SMILES string of the molecule is COc1ccc(C(C#N)=CC(=O)O)c(C)c1. The number of methoxy groups -OCH3 is 1. The van der Waals surface area contributed by atoms with Gasteiger partial charge in [-0.25, -0.2) is 4.79 Å². The molecule has 0 saturated heterocycles. The first-order chi connectivity index (χ1) is 7.58. The Morgan fingerprint density at radius 3 is 2.69 bits per heavy atom. The number of rotatable bonds is 3. The van der Waals surface area contributed by atoms with Crippen LogP contribution in [0.3, 0.4) is 0 Å². The van der Waals surface area contributed by atoms with Gasteiger partial charge in [0.05, 0.1) is 12.7 Å². The lowest BCUT2D eigenvalue weighted by atomic mass is 10.0. The highest BCUT2D eigenvalue weighted by Gasteiger charge is 2.07. The largest absolute Gasteiger partial charge is 0.497 e. The molecule has 1 rings (SSSR count). The standard InChI is InChI=1S/C12H11NO3/c1-8-5-10(16-2)3-4-11(8)9(7-13)6-12(14)15/h3-6H,1-2H3,(H,14,15). The van der Waals surface area contributed by atoms with Crippen LogP contribution in [0.2, 0.25) is 0 Å². The van der Waals surface area contributed by atoms with Crippen molar-refractivity contribution in [3.8, 4) is 11.8 Å². The molecule has 0 radical (unpaired) electrons. The summed E-state index contributed by atoms with van der Waals surface area (Å²) >= 11 is 0. The molecule has 4 nitrogen and oxygen atoms in total. The number of hydrogen-bond donors (Lipinski definition) is 1. The summed E-state index contributed by atoms with van der Waals surface area (Å²) in [7, 11) is 1.55. The second kappa shape index (κ2) is 4.99. The highest BCUT2D eigenvalue weighted by molar-refractivity contribution is 5.94. The zero-order chi connectivity index (χ0) is 12.1. The Bertz CT molecular complexity index is 484. The molecule has 82 valence electrons. The number of aliphatic carboxylic acids is 1. The number of allylic oxidation sites excluding steroid dienone is 1. The van der Waals surface area contributed by atoms with E-state index in [-0.39, 0.29) is 5.57 Å². The third-order valence-corrected chi connectivity index (χ3v) is 2.11. The van der Waals surface area contributed by atoms with Crippen molar-refractivity contribution in [3.63, 3.8) is 0 Å². The summed E-state index contributed by atoms with van der Waals surface area (Å²) in [6.45, 7) is 1.80. The predicted octanol–water partition coefficient (Wildman–Crippen LogP) is 2.00. The number of ether oxygens (including phenoxy) is 1. The van der Waals surface area contributed by atoms with E-state index in [0.717, 1.165) is 11.6 Å². The summed E-state index contributed by atoms with van der Waals surface area (Å²) in [5, 5.41) is 17.5. The molecule has 0 bridgehead atoms. The number of nitriles is 1. The molecular weight excluding hydrogens is 206 g/mol. The fourth-order valence-electron chi connectivity index (χ4n) is 1.36. The Morgan fingerprint density at radius 1 is 1.56 bits per heavy atom. The second-order valence-electron chi connectivity index (χ2n) is 3.19. The number of benzene rings is 1. The van der Waals surface area contributed by atoms with Gasteiger partial charge in [-0.1, -0.05) is 0 Å². The molecule has 1 aromatic carbocycles. The average molecular weight is 217 g/mol. The predicted molar refractivity (Wildman–Crippen MR) is 59.0 cm³/mol. The summed E-state index contributed by atoms with van der Waals surface area (Å²) < 4.78 is 5.03. The number of carboxylic acid groups (broad SMARTS) is 1. The molecule has 0 unspecified atom stereocenters. The molecule has 0 saturated carbocycles. The van der Waals surface area contributed by atoms with Crippen molar-refractivity contribution in [3.05, 3.63) is 35.4 Å². The molecule has 1 N–H and O–H groups in total. The number of carboxylic acids is 1. The first-order valence-corrected chi connectivity index (χ1v) is 4.58. The molecule has 0 fully saturated rings. The van der Waals surface area contributed by atoms with Gasteiger partial charge in [0.1, 0.15) is 11.8 Å². The van der Waals surface area contributed by atoms with E-state index in [4.69, 9.17) is 15.1 Å². The van der Waals surface area contributed by atoms with Gasteiger partial charge < -0.3 is 9.84 Å². The van der Waals surface area contributed by atoms with Gasteiger partial charge >= 0.3 is 5.97 Å². The van der Waals surface area contributed by atoms with Crippen molar-refractivity contribution in [2.45, 2.75) is 6.92 Å². The summed E-state index contributed by atoms with van der Waals surface area (Å²) in [6, 6.07) is 6.98. The van der Waals surface area contributed by atoms with E-state index in [0.29, 0.717) is 11.3 Å². The van der Waals surface area contributed by atoms with Crippen LogP contribution in [-0.2, 0) is 4.79 Å². The van der Waals surface area contributed by atoms with E-state index in [9.17, 15) is 4.79 Å². The minimum atomic E-state index is -1.13. The fourth-order valence-corrected chi connectivity index (χ4v) is 1.36. The van der Waals surface area contributed by atoms with E-state index in [1.807, 2.05) is 6.07 Å². The Balaban J connectivity index is 3.23. The second-order valence-corrected chi connectivity index (χ2v) is 3.19. The maximum atomic E-state index is 10.5. The Kier molecular flexibility index (Phi) is 3.67. The molecule has 0 atom stereocenters. The van der Waals surface area contributed by atoms with Crippen LogP contribution in [0.25, 0.3) is 5.57 Å². The maximum absolute atomic E-state index is 10.5. The third kappa shape index (κ3) is 2.61. The summed E-state index contributed by atoms with van der Waals surface area (Å²) in [5.74, 6) is -0.458. The van der Waals surface area contributed by atoms with Gasteiger partial charge in [-0.2, -0.15) is 5.26 Å². The molecule has 0 amide bonds. The highest BCUT2D eigenvalue weighted by atomic mass is 16.5. The van der Waals surface area contributed by atoms with Crippen LogP contribution in [0, 0.1) is 18.3 Å². The summed E-state index contributed by atoms with van der Waals surface area (Å²) in [6.07, 6.45) is 0.898. The van der Waals surface area contributed by atoms with E-state index in [1.54, 1.807) is 32.2 Å². The van der Waals surface area contributed by atoms with Crippen LogP contribution in [0.1, 0.15) is 11.1 Å².